The summed E-state index contributed by atoms with van der Waals surface area (Å²) in [4.78, 5) is 0. The number of fused-ring (bicyclic) bond motifs is 14. The highest BCUT2D eigenvalue weighted by atomic mass is 32.1. The molecule has 0 aliphatic heterocycles. The summed E-state index contributed by atoms with van der Waals surface area (Å²) < 4.78 is 14.1. The molecule has 1 aliphatic carbocycles. The Balaban J connectivity index is 1.27. The molecule has 6 aromatic carbocycles. The molecule has 216 valence electrons. The van der Waals surface area contributed by atoms with E-state index in [2.05, 4.69) is 143 Å². The molecule has 10 aromatic rings. The SMILES string of the molecule is C1=Cc2oc3c(-n4c5ccccc5c5c6sc7c(ccc8c7c7ccccc7n8-c7ccccc7)c6ccc54)cccc3c2CC1. The van der Waals surface area contributed by atoms with Gasteiger partial charge in [-0.1, -0.05) is 84.9 Å². The van der Waals surface area contributed by atoms with E-state index in [1.165, 1.54) is 80.4 Å². The Morgan fingerprint density at radius 2 is 1.15 bits per heavy atom. The Morgan fingerprint density at radius 3 is 1.89 bits per heavy atom. The monoisotopic (exact) mass is 606 g/mol. The fourth-order valence-corrected chi connectivity index (χ4v) is 9.48. The van der Waals surface area contributed by atoms with Gasteiger partial charge in [0.1, 0.15) is 5.76 Å². The lowest BCUT2D eigenvalue weighted by Gasteiger charge is -2.09. The summed E-state index contributed by atoms with van der Waals surface area (Å²) in [5.41, 5.74) is 9.46. The predicted octanol–water partition coefficient (Wildman–Crippen LogP) is 12.0. The minimum Gasteiger partial charge on any atom is -0.454 e. The fourth-order valence-electron chi connectivity index (χ4n) is 8.07. The highest BCUT2D eigenvalue weighted by molar-refractivity contribution is 7.27. The van der Waals surface area contributed by atoms with Gasteiger partial charge in [0.05, 0.1) is 27.8 Å². The van der Waals surface area contributed by atoms with Crippen molar-refractivity contribution in [2.75, 3.05) is 0 Å². The summed E-state index contributed by atoms with van der Waals surface area (Å²) in [5.74, 6) is 1.00. The maximum atomic E-state index is 6.60. The third-order valence-corrected chi connectivity index (χ3v) is 11.2. The molecule has 0 bridgehead atoms. The van der Waals surface area contributed by atoms with E-state index in [1.807, 2.05) is 11.3 Å². The summed E-state index contributed by atoms with van der Waals surface area (Å²) in [7, 11) is 0. The van der Waals surface area contributed by atoms with Crippen LogP contribution in [0.5, 0.6) is 0 Å². The highest BCUT2D eigenvalue weighted by Gasteiger charge is 2.23. The summed E-state index contributed by atoms with van der Waals surface area (Å²) in [6.07, 6.45) is 6.44. The van der Waals surface area contributed by atoms with Gasteiger partial charge in [-0.25, -0.2) is 0 Å². The van der Waals surface area contributed by atoms with E-state index in [-0.39, 0.29) is 0 Å². The topological polar surface area (TPSA) is 23.0 Å². The molecule has 0 saturated heterocycles. The molecule has 4 heterocycles. The van der Waals surface area contributed by atoms with E-state index in [9.17, 15) is 0 Å². The van der Waals surface area contributed by atoms with Crippen LogP contribution in [0.15, 0.2) is 132 Å². The van der Waals surface area contributed by atoms with Crippen LogP contribution in [0.25, 0.3) is 92.2 Å². The maximum Gasteiger partial charge on any atom is 0.159 e. The van der Waals surface area contributed by atoms with Crippen LogP contribution in [-0.2, 0) is 6.42 Å². The van der Waals surface area contributed by atoms with Gasteiger partial charge in [0.25, 0.3) is 0 Å². The maximum absolute atomic E-state index is 6.60. The van der Waals surface area contributed by atoms with Gasteiger partial charge in [0.2, 0.25) is 0 Å². The molecule has 0 amide bonds. The van der Waals surface area contributed by atoms with Crippen LogP contribution in [-0.4, -0.2) is 9.13 Å². The Morgan fingerprint density at radius 1 is 0.522 bits per heavy atom. The lowest BCUT2D eigenvalue weighted by atomic mass is 10.0. The Bertz CT molecular complexity index is 2910. The molecule has 46 heavy (non-hydrogen) atoms. The van der Waals surface area contributed by atoms with Crippen molar-refractivity contribution in [1.82, 2.24) is 9.13 Å². The first-order valence-corrected chi connectivity index (χ1v) is 16.7. The van der Waals surface area contributed by atoms with Gasteiger partial charge in [-0.05, 0) is 61.4 Å². The number of hydrogen-bond acceptors (Lipinski definition) is 2. The first kappa shape index (κ1) is 24.7. The number of allylic oxidation sites excluding steroid dienone is 1. The van der Waals surface area contributed by atoms with E-state index < -0.39 is 0 Å². The third kappa shape index (κ3) is 3.11. The van der Waals surface area contributed by atoms with Crippen molar-refractivity contribution in [2.45, 2.75) is 12.8 Å². The molecule has 0 atom stereocenters. The standard InChI is InChI=1S/C42H26N2OS/c1-2-11-25(12-3-1)43-32-17-7-4-14-30(32)38-34(43)23-21-28-29-22-24-35-39(42(29)46-41(28)38)31-15-5-8-18-33(31)44(35)36-19-10-16-27-26-13-6-9-20-37(26)45-40(27)36/h1-5,7-12,14-24H,6,13H2. The average Bonchev–Trinajstić information content (AvgIpc) is 3.86. The first-order valence-electron chi connectivity index (χ1n) is 15.9. The van der Waals surface area contributed by atoms with Gasteiger partial charge in [0, 0.05) is 58.4 Å². The zero-order chi connectivity index (χ0) is 29.9. The van der Waals surface area contributed by atoms with Gasteiger partial charge in [-0.15, -0.1) is 11.3 Å². The largest absolute Gasteiger partial charge is 0.454 e. The zero-order valence-corrected chi connectivity index (χ0v) is 25.6. The number of thiophene rings is 1. The molecular formula is C42H26N2OS. The zero-order valence-electron chi connectivity index (χ0n) is 24.8. The van der Waals surface area contributed by atoms with E-state index in [0.29, 0.717) is 0 Å². The number of rotatable bonds is 2. The molecule has 0 radical (unpaired) electrons. The highest BCUT2D eigenvalue weighted by Crippen LogP contribution is 2.48. The van der Waals surface area contributed by atoms with E-state index >= 15 is 0 Å². The summed E-state index contributed by atoms with van der Waals surface area (Å²) in [6, 6.07) is 44.3. The quantitative estimate of drug-likeness (QED) is 0.192. The Labute approximate surface area is 267 Å². The molecule has 3 nitrogen and oxygen atoms in total. The molecule has 4 heteroatoms. The second-order valence-electron chi connectivity index (χ2n) is 12.4. The molecule has 0 saturated carbocycles. The first-order chi connectivity index (χ1) is 22.8. The second kappa shape index (κ2) is 9.00. The van der Waals surface area contributed by atoms with Crippen molar-refractivity contribution < 1.29 is 4.42 Å². The van der Waals surface area contributed by atoms with Crippen molar-refractivity contribution in [1.29, 1.82) is 0 Å². The second-order valence-corrected chi connectivity index (χ2v) is 13.4. The molecular weight excluding hydrogens is 581 g/mol. The van der Waals surface area contributed by atoms with Gasteiger partial charge in [0.15, 0.2) is 5.58 Å². The fraction of sp³-hybridized carbons (Fsp3) is 0.0476. The van der Waals surface area contributed by atoms with E-state index in [0.717, 1.165) is 29.9 Å². The molecule has 0 unspecified atom stereocenters. The van der Waals surface area contributed by atoms with Gasteiger partial charge in [-0.3, -0.25) is 0 Å². The van der Waals surface area contributed by atoms with Crippen LogP contribution in [0, 0.1) is 0 Å². The predicted molar refractivity (Wildman–Crippen MR) is 195 cm³/mol. The number of aromatic nitrogens is 2. The number of furan rings is 1. The third-order valence-electron chi connectivity index (χ3n) is 9.99. The van der Waals surface area contributed by atoms with Crippen LogP contribution < -0.4 is 0 Å². The van der Waals surface area contributed by atoms with Crippen molar-refractivity contribution >= 4 is 92.2 Å². The lowest BCUT2D eigenvalue weighted by molar-refractivity contribution is 0.594. The minimum absolute atomic E-state index is 0.966. The van der Waals surface area contributed by atoms with Crippen LogP contribution in [0.1, 0.15) is 17.7 Å². The van der Waals surface area contributed by atoms with Gasteiger partial charge in [-0.2, -0.15) is 0 Å². The van der Waals surface area contributed by atoms with Gasteiger partial charge >= 0.3 is 0 Å². The van der Waals surface area contributed by atoms with Gasteiger partial charge < -0.3 is 13.6 Å². The van der Waals surface area contributed by atoms with Crippen molar-refractivity contribution in [3.8, 4) is 11.4 Å². The van der Waals surface area contributed by atoms with Crippen LogP contribution in [0.2, 0.25) is 0 Å². The summed E-state index contributed by atoms with van der Waals surface area (Å²) in [5, 5.41) is 9.05. The molecule has 11 rings (SSSR count). The van der Waals surface area contributed by atoms with Crippen LogP contribution in [0.4, 0.5) is 0 Å². The van der Waals surface area contributed by atoms with Crippen molar-refractivity contribution in [3.63, 3.8) is 0 Å². The summed E-state index contributed by atoms with van der Waals surface area (Å²) in [6.45, 7) is 0. The number of benzene rings is 6. The van der Waals surface area contributed by atoms with Crippen molar-refractivity contribution in [2.24, 2.45) is 0 Å². The molecule has 0 N–H and O–H groups in total. The molecule has 0 fully saturated rings. The molecule has 0 spiro atoms. The smallest absolute Gasteiger partial charge is 0.159 e. The van der Waals surface area contributed by atoms with Crippen LogP contribution >= 0.6 is 11.3 Å². The average molecular weight is 607 g/mol. The lowest BCUT2D eigenvalue weighted by Crippen LogP contribution is -1.94. The molecule has 1 aliphatic rings. The minimum atomic E-state index is 0.966. The van der Waals surface area contributed by atoms with E-state index in [1.54, 1.807) is 0 Å². The number of nitrogens with zero attached hydrogens (tertiary/aromatic N) is 2. The Hall–Kier alpha value is -5.58. The Kier molecular flexibility index (Phi) is 4.83. The normalized spacial score (nSPS) is 13.4. The number of hydrogen-bond donors (Lipinski definition) is 0. The van der Waals surface area contributed by atoms with E-state index in [4.69, 9.17) is 4.42 Å². The van der Waals surface area contributed by atoms with Crippen LogP contribution in [0.3, 0.4) is 0 Å². The van der Waals surface area contributed by atoms with Crippen molar-refractivity contribution in [3.05, 3.63) is 139 Å². The summed E-state index contributed by atoms with van der Waals surface area (Å²) >= 11 is 1.93. The number of aryl methyl sites for hydroxylation is 1. The number of para-hydroxylation sites is 4. The molecule has 4 aromatic heterocycles.